The van der Waals surface area contributed by atoms with Gasteiger partial charge >= 0.3 is 6.09 Å². The molecule has 0 atom stereocenters. The smallest absolute Gasteiger partial charge is 0.410 e. The number of amides is 2. The van der Waals surface area contributed by atoms with Gasteiger partial charge in [0.1, 0.15) is 17.0 Å². The van der Waals surface area contributed by atoms with E-state index in [-0.39, 0.29) is 12.0 Å². The Balaban J connectivity index is 1.57. The minimum atomic E-state index is -0.662. The van der Waals surface area contributed by atoms with Gasteiger partial charge in [-0.25, -0.2) is 9.78 Å². The molecule has 2 aromatic rings. The molecule has 2 fully saturated rings. The summed E-state index contributed by atoms with van der Waals surface area (Å²) in [7, 11) is 1.94. The summed E-state index contributed by atoms with van der Waals surface area (Å²) in [5.74, 6) is 0.952. The highest BCUT2D eigenvalue weighted by molar-refractivity contribution is 5.93. The van der Waals surface area contributed by atoms with Crippen molar-refractivity contribution in [3.8, 4) is 0 Å². The lowest BCUT2D eigenvalue weighted by atomic mass is 9.85. The van der Waals surface area contributed by atoms with E-state index in [1.54, 1.807) is 11.1 Å². The largest absolute Gasteiger partial charge is 0.444 e. The summed E-state index contributed by atoms with van der Waals surface area (Å²) in [4.78, 5) is 36.5. The molecule has 0 N–H and O–H groups in total. The summed E-state index contributed by atoms with van der Waals surface area (Å²) < 4.78 is 7.48. The third kappa shape index (κ3) is 4.11. The Morgan fingerprint density at radius 3 is 2.42 bits per heavy atom. The molecule has 4 rings (SSSR count). The Morgan fingerprint density at radius 2 is 1.84 bits per heavy atom. The number of hydrogen-bond acceptors (Lipinski definition) is 5. The van der Waals surface area contributed by atoms with E-state index in [1.165, 1.54) is 0 Å². The summed E-state index contributed by atoms with van der Waals surface area (Å²) in [5, 5.41) is 0. The van der Waals surface area contributed by atoms with Gasteiger partial charge in [0.15, 0.2) is 0 Å². The molecule has 0 unspecified atom stereocenters. The van der Waals surface area contributed by atoms with Gasteiger partial charge in [-0.1, -0.05) is 18.2 Å². The van der Waals surface area contributed by atoms with E-state index in [0.717, 1.165) is 11.5 Å². The number of imidazole rings is 1. The summed E-state index contributed by atoms with van der Waals surface area (Å²) in [6.07, 6.45) is 4.46. The van der Waals surface area contributed by atoms with Gasteiger partial charge in [0.2, 0.25) is 5.91 Å². The van der Waals surface area contributed by atoms with Crippen molar-refractivity contribution in [1.29, 1.82) is 0 Å². The zero-order valence-electron chi connectivity index (χ0n) is 18.7. The Hall–Kier alpha value is -3.03. The molecule has 3 heterocycles. The maximum Gasteiger partial charge on any atom is 0.410 e. The average molecular weight is 426 g/mol. The molecule has 1 spiro atoms. The lowest BCUT2D eigenvalue weighted by Crippen LogP contribution is -2.57. The fraction of sp³-hybridized carbons (Fsp3) is 0.522. The van der Waals surface area contributed by atoms with E-state index >= 15 is 0 Å². The number of ether oxygens (including phenoxy) is 1. The summed E-state index contributed by atoms with van der Waals surface area (Å²) in [6.45, 7) is 7.53. The van der Waals surface area contributed by atoms with Gasteiger partial charge in [-0.2, -0.15) is 0 Å². The number of hydrogen-bond donors (Lipinski definition) is 0. The number of nitrogens with zero attached hydrogens (tertiary/aromatic N) is 5. The van der Waals surface area contributed by atoms with Gasteiger partial charge in [-0.15, -0.1) is 0 Å². The van der Waals surface area contributed by atoms with E-state index in [0.29, 0.717) is 39.1 Å². The third-order valence-electron chi connectivity index (χ3n) is 6.08. The number of para-hydroxylation sites is 1. The van der Waals surface area contributed by atoms with Crippen LogP contribution in [0.4, 0.5) is 10.5 Å². The second-order valence-corrected chi connectivity index (χ2v) is 9.36. The predicted molar refractivity (Wildman–Crippen MR) is 117 cm³/mol. The normalized spacial score (nSPS) is 18.7. The van der Waals surface area contributed by atoms with Crippen LogP contribution in [0.25, 0.3) is 0 Å². The lowest BCUT2D eigenvalue weighted by Gasteiger charge is -2.43. The van der Waals surface area contributed by atoms with Crippen LogP contribution in [0.3, 0.4) is 0 Å². The first kappa shape index (κ1) is 21.2. The number of carbonyl (C=O) groups excluding carboxylic acids is 2. The van der Waals surface area contributed by atoms with E-state index in [9.17, 15) is 9.59 Å². The Labute approximate surface area is 183 Å². The zero-order chi connectivity index (χ0) is 22.2. The van der Waals surface area contributed by atoms with Crippen molar-refractivity contribution < 1.29 is 14.3 Å². The molecule has 1 aromatic carbocycles. The third-order valence-corrected chi connectivity index (χ3v) is 6.08. The monoisotopic (exact) mass is 425 g/mol. The highest BCUT2D eigenvalue weighted by atomic mass is 16.6. The number of benzene rings is 1. The van der Waals surface area contributed by atoms with Crippen LogP contribution in [0.15, 0.2) is 42.7 Å². The molecule has 0 aliphatic carbocycles. The van der Waals surface area contributed by atoms with Crippen LogP contribution in [0.1, 0.15) is 39.4 Å². The number of piperidine rings is 1. The molecular formula is C23H31N5O3. The van der Waals surface area contributed by atoms with Gasteiger partial charge in [-0.05, 0) is 45.7 Å². The van der Waals surface area contributed by atoms with Gasteiger partial charge in [0, 0.05) is 38.2 Å². The SMILES string of the molecule is Cn1ccnc1CN1CN(c2ccccc2)C2(CCN(C(=O)OC(C)(C)C)CC2)C1=O. The molecule has 0 radical (unpaired) electrons. The highest BCUT2D eigenvalue weighted by Crippen LogP contribution is 2.40. The second-order valence-electron chi connectivity index (χ2n) is 9.36. The zero-order valence-corrected chi connectivity index (χ0v) is 18.7. The maximum atomic E-state index is 13.7. The van der Waals surface area contributed by atoms with Crippen LogP contribution < -0.4 is 4.90 Å². The first-order valence-electron chi connectivity index (χ1n) is 10.8. The molecule has 2 aliphatic heterocycles. The molecule has 8 heteroatoms. The molecule has 166 valence electrons. The van der Waals surface area contributed by atoms with Gasteiger partial charge in [0.25, 0.3) is 0 Å². The fourth-order valence-electron chi connectivity index (χ4n) is 4.43. The minimum Gasteiger partial charge on any atom is -0.444 e. The lowest BCUT2D eigenvalue weighted by molar-refractivity contribution is -0.134. The quantitative estimate of drug-likeness (QED) is 0.756. The first-order valence-corrected chi connectivity index (χ1v) is 10.8. The molecule has 0 saturated carbocycles. The Bertz CT molecular complexity index is 942. The van der Waals surface area contributed by atoms with Crippen molar-refractivity contribution in [3.63, 3.8) is 0 Å². The van der Waals surface area contributed by atoms with Crippen molar-refractivity contribution in [2.75, 3.05) is 24.7 Å². The first-order chi connectivity index (χ1) is 14.7. The Morgan fingerprint density at radius 1 is 1.16 bits per heavy atom. The molecule has 2 aliphatic rings. The Kier molecular flexibility index (Phi) is 5.41. The van der Waals surface area contributed by atoms with Crippen LogP contribution in [0, 0.1) is 0 Å². The van der Waals surface area contributed by atoms with Crippen molar-refractivity contribution in [2.24, 2.45) is 7.05 Å². The number of aromatic nitrogens is 2. The second kappa shape index (κ2) is 7.90. The molecule has 2 amide bonds. The number of anilines is 1. The number of aryl methyl sites for hydroxylation is 1. The van der Waals surface area contributed by atoms with Crippen LogP contribution in [-0.2, 0) is 23.1 Å². The number of carbonyl (C=O) groups is 2. The van der Waals surface area contributed by atoms with Crippen LogP contribution in [-0.4, -0.2) is 62.2 Å². The van der Waals surface area contributed by atoms with Gasteiger partial charge in [-0.3, -0.25) is 4.79 Å². The maximum absolute atomic E-state index is 13.7. The van der Waals surface area contributed by atoms with Gasteiger partial charge in [0.05, 0.1) is 13.2 Å². The van der Waals surface area contributed by atoms with Crippen LogP contribution in [0.5, 0.6) is 0 Å². The number of rotatable bonds is 3. The van der Waals surface area contributed by atoms with Crippen molar-refractivity contribution >= 4 is 17.7 Å². The molecule has 2 saturated heterocycles. The van der Waals surface area contributed by atoms with E-state index in [4.69, 9.17) is 4.74 Å². The van der Waals surface area contributed by atoms with Gasteiger partial charge < -0.3 is 24.0 Å². The standard InChI is InChI=1S/C23H31N5O3/c1-22(2,3)31-21(30)26-13-10-23(11-14-26)20(29)27(16-19-24-12-15-25(19)4)17-28(23)18-8-6-5-7-9-18/h5-9,12,15H,10-11,13-14,16-17H2,1-4H3. The van der Waals surface area contributed by atoms with E-state index in [2.05, 4.69) is 9.88 Å². The van der Waals surface area contributed by atoms with Crippen molar-refractivity contribution in [1.82, 2.24) is 19.4 Å². The molecule has 8 nitrogen and oxygen atoms in total. The predicted octanol–water partition coefficient (Wildman–Crippen LogP) is 3.00. The van der Waals surface area contributed by atoms with E-state index < -0.39 is 11.1 Å². The van der Waals surface area contributed by atoms with Crippen LogP contribution >= 0.6 is 0 Å². The van der Waals surface area contributed by atoms with E-state index in [1.807, 2.05) is 73.8 Å². The summed E-state index contributed by atoms with van der Waals surface area (Å²) >= 11 is 0. The van der Waals surface area contributed by atoms with Crippen LogP contribution in [0.2, 0.25) is 0 Å². The fourth-order valence-corrected chi connectivity index (χ4v) is 4.43. The summed E-state index contributed by atoms with van der Waals surface area (Å²) in [5.41, 5.74) is -0.182. The molecule has 1 aromatic heterocycles. The average Bonchev–Trinajstić information content (AvgIpc) is 3.24. The molecule has 31 heavy (non-hydrogen) atoms. The summed E-state index contributed by atoms with van der Waals surface area (Å²) in [6, 6.07) is 10.0. The van der Waals surface area contributed by atoms with Crippen molar-refractivity contribution in [3.05, 3.63) is 48.5 Å². The molecule has 0 bridgehead atoms. The minimum absolute atomic E-state index is 0.100. The number of likely N-dealkylation sites (tertiary alicyclic amines) is 1. The molecular weight excluding hydrogens is 394 g/mol. The van der Waals surface area contributed by atoms with Crippen molar-refractivity contribution in [2.45, 2.75) is 51.3 Å². The highest BCUT2D eigenvalue weighted by Gasteiger charge is 2.54. The topological polar surface area (TPSA) is 70.9 Å².